The SMILES string of the molecule is C=C/C=C(\C=C)N1C=C(C(F)F)c2ccc(Cl)cc2C1=C. The van der Waals surface area contributed by atoms with Crippen LogP contribution in [0, 0.1) is 0 Å². The van der Waals surface area contributed by atoms with Crippen molar-refractivity contribution in [2.24, 2.45) is 0 Å². The van der Waals surface area contributed by atoms with Crippen molar-refractivity contribution >= 4 is 22.9 Å². The highest BCUT2D eigenvalue weighted by Gasteiger charge is 2.26. The summed E-state index contributed by atoms with van der Waals surface area (Å²) in [4.78, 5) is 1.56. The highest BCUT2D eigenvalue weighted by molar-refractivity contribution is 6.30. The monoisotopic (exact) mass is 305 g/mol. The fraction of sp³-hybridized carbons (Fsp3) is 0.0588. The number of nitrogens with zero attached hydrogens (tertiary/aromatic N) is 1. The predicted octanol–water partition coefficient (Wildman–Crippen LogP) is 5.49. The van der Waals surface area contributed by atoms with Crippen molar-refractivity contribution in [3.8, 4) is 0 Å². The smallest absolute Gasteiger partial charge is 0.265 e. The molecule has 0 aliphatic carbocycles. The molecule has 0 N–H and O–H groups in total. The van der Waals surface area contributed by atoms with E-state index in [1.165, 1.54) is 6.20 Å². The van der Waals surface area contributed by atoms with Crippen LogP contribution in [0.4, 0.5) is 8.78 Å². The summed E-state index contributed by atoms with van der Waals surface area (Å²) in [5.74, 6) is 0. The highest BCUT2D eigenvalue weighted by atomic mass is 35.5. The van der Waals surface area contributed by atoms with Gasteiger partial charge in [0.25, 0.3) is 6.43 Å². The zero-order valence-electron chi connectivity index (χ0n) is 11.3. The van der Waals surface area contributed by atoms with E-state index in [4.69, 9.17) is 11.6 Å². The molecule has 0 amide bonds. The quantitative estimate of drug-likeness (QED) is 0.665. The van der Waals surface area contributed by atoms with Crippen LogP contribution in [0.15, 0.2) is 68.1 Å². The van der Waals surface area contributed by atoms with Gasteiger partial charge in [0, 0.05) is 33.8 Å². The second-order valence-electron chi connectivity index (χ2n) is 4.42. The lowest BCUT2D eigenvalue weighted by Gasteiger charge is -2.31. The largest absolute Gasteiger partial charge is 0.317 e. The van der Waals surface area contributed by atoms with Crippen LogP contribution in [-0.4, -0.2) is 11.3 Å². The van der Waals surface area contributed by atoms with Crippen LogP contribution in [0.5, 0.6) is 0 Å². The minimum Gasteiger partial charge on any atom is -0.317 e. The van der Waals surface area contributed by atoms with Crippen molar-refractivity contribution in [1.82, 2.24) is 4.90 Å². The second-order valence-corrected chi connectivity index (χ2v) is 4.86. The van der Waals surface area contributed by atoms with Gasteiger partial charge in [0.1, 0.15) is 0 Å². The Labute approximate surface area is 127 Å². The van der Waals surface area contributed by atoms with Crippen LogP contribution in [-0.2, 0) is 0 Å². The van der Waals surface area contributed by atoms with Gasteiger partial charge in [0.15, 0.2) is 0 Å². The van der Waals surface area contributed by atoms with Crippen molar-refractivity contribution in [3.63, 3.8) is 0 Å². The molecule has 1 nitrogen and oxygen atoms in total. The van der Waals surface area contributed by atoms with Gasteiger partial charge in [0.2, 0.25) is 0 Å². The molecule has 0 fully saturated rings. The lowest BCUT2D eigenvalue weighted by Crippen LogP contribution is -2.21. The summed E-state index contributed by atoms with van der Waals surface area (Å²) in [6, 6.07) is 4.81. The van der Waals surface area contributed by atoms with Gasteiger partial charge >= 0.3 is 0 Å². The first-order chi connectivity index (χ1) is 9.99. The Hall–Kier alpha value is -2.13. The molecular formula is C17H14ClF2N. The molecule has 4 heteroatoms. The van der Waals surface area contributed by atoms with E-state index in [9.17, 15) is 8.78 Å². The molecule has 0 radical (unpaired) electrons. The fourth-order valence-electron chi connectivity index (χ4n) is 2.19. The van der Waals surface area contributed by atoms with Gasteiger partial charge in [-0.3, -0.25) is 0 Å². The van der Waals surface area contributed by atoms with Crippen molar-refractivity contribution in [1.29, 1.82) is 0 Å². The molecule has 1 heterocycles. The molecule has 0 saturated carbocycles. The normalized spacial score (nSPS) is 14.9. The topological polar surface area (TPSA) is 3.24 Å². The first kappa shape index (κ1) is 15.3. The lowest BCUT2D eigenvalue weighted by atomic mass is 9.94. The molecule has 0 bridgehead atoms. The number of rotatable bonds is 4. The van der Waals surface area contributed by atoms with E-state index in [-0.39, 0.29) is 5.57 Å². The summed E-state index contributed by atoms with van der Waals surface area (Å²) < 4.78 is 26.7. The van der Waals surface area contributed by atoms with Crippen LogP contribution in [0.2, 0.25) is 5.02 Å². The lowest BCUT2D eigenvalue weighted by molar-refractivity contribution is 0.213. The summed E-state index contributed by atoms with van der Waals surface area (Å²) in [6.45, 7) is 11.3. The minimum atomic E-state index is -2.60. The third kappa shape index (κ3) is 2.83. The maximum atomic E-state index is 13.3. The summed E-state index contributed by atoms with van der Waals surface area (Å²) in [6.07, 6.45) is 3.57. The molecule has 1 aliphatic rings. The molecule has 108 valence electrons. The van der Waals surface area contributed by atoms with E-state index in [0.717, 1.165) is 0 Å². The van der Waals surface area contributed by atoms with Crippen molar-refractivity contribution in [3.05, 3.63) is 84.2 Å². The van der Waals surface area contributed by atoms with Gasteiger partial charge in [-0.05, 0) is 29.8 Å². The number of hydrogen-bond donors (Lipinski definition) is 0. The van der Waals surface area contributed by atoms with E-state index in [1.807, 2.05) is 0 Å². The Morgan fingerprint density at radius 2 is 1.95 bits per heavy atom. The number of fused-ring (bicyclic) bond motifs is 1. The maximum absolute atomic E-state index is 13.3. The first-order valence-corrected chi connectivity index (χ1v) is 6.60. The molecule has 0 atom stereocenters. The second kappa shape index (κ2) is 6.10. The third-order valence-corrected chi connectivity index (χ3v) is 3.41. The van der Waals surface area contributed by atoms with Gasteiger partial charge in [-0.1, -0.05) is 43.5 Å². The van der Waals surface area contributed by atoms with E-state index in [1.54, 1.807) is 41.3 Å². The average Bonchev–Trinajstić information content (AvgIpc) is 2.46. The first-order valence-electron chi connectivity index (χ1n) is 6.23. The van der Waals surface area contributed by atoms with Crippen LogP contribution in [0.25, 0.3) is 11.3 Å². The van der Waals surface area contributed by atoms with E-state index >= 15 is 0 Å². The van der Waals surface area contributed by atoms with Crippen LogP contribution in [0.1, 0.15) is 11.1 Å². The summed E-state index contributed by atoms with van der Waals surface area (Å²) in [5.41, 5.74) is 2.12. The van der Waals surface area contributed by atoms with Crippen LogP contribution < -0.4 is 0 Å². The number of hydrogen-bond acceptors (Lipinski definition) is 1. The van der Waals surface area contributed by atoms with Gasteiger partial charge in [-0.25, -0.2) is 8.78 Å². The van der Waals surface area contributed by atoms with Gasteiger partial charge in [-0.2, -0.15) is 0 Å². The molecule has 21 heavy (non-hydrogen) atoms. The Kier molecular flexibility index (Phi) is 4.43. The third-order valence-electron chi connectivity index (χ3n) is 3.17. The molecule has 0 unspecified atom stereocenters. The van der Waals surface area contributed by atoms with Gasteiger partial charge in [0.05, 0.1) is 0 Å². The van der Waals surface area contributed by atoms with Crippen molar-refractivity contribution in [2.45, 2.75) is 6.43 Å². The number of halogens is 3. The number of alkyl halides is 2. The molecule has 1 aromatic rings. The minimum absolute atomic E-state index is 0.0779. The van der Waals surface area contributed by atoms with Crippen molar-refractivity contribution in [2.75, 3.05) is 0 Å². The molecule has 0 saturated heterocycles. The molecule has 1 aliphatic heterocycles. The summed E-state index contributed by atoms with van der Waals surface area (Å²) in [5, 5.41) is 0.471. The molecule has 2 rings (SSSR count). The Morgan fingerprint density at radius 3 is 2.52 bits per heavy atom. The highest BCUT2D eigenvalue weighted by Crippen LogP contribution is 2.39. The van der Waals surface area contributed by atoms with Crippen LogP contribution >= 0.6 is 11.6 Å². The summed E-state index contributed by atoms with van der Waals surface area (Å²) in [7, 11) is 0. The van der Waals surface area contributed by atoms with E-state index in [0.29, 0.717) is 27.5 Å². The van der Waals surface area contributed by atoms with E-state index < -0.39 is 6.43 Å². The molecular weight excluding hydrogens is 292 g/mol. The zero-order chi connectivity index (χ0) is 15.6. The maximum Gasteiger partial charge on any atom is 0.265 e. The Bertz CT molecular complexity index is 671. The number of allylic oxidation sites excluding steroid dienone is 4. The fourth-order valence-corrected chi connectivity index (χ4v) is 2.37. The standard InChI is InChI=1S/C17H14ClF2N/c1-4-6-13(5-2)21-10-16(17(19)20)14-8-7-12(18)9-15(14)11(21)3/h4-10,17H,1-3H2/b13-6+. The Balaban J connectivity index is 2.65. The Morgan fingerprint density at radius 1 is 1.24 bits per heavy atom. The van der Waals surface area contributed by atoms with Gasteiger partial charge < -0.3 is 4.90 Å². The predicted molar refractivity (Wildman–Crippen MR) is 84.8 cm³/mol. The zero-order valence-corrected chi connectivity index (χ0v) is 12.1. The number of benzene rings is 1. The summed E-state index contributed by atoms with van der Waals surface area (Å²) >= 11 is 5.97. The molecule has 0 spiro atoms. The average molecular weight is 306 g/mol. The van der Waals surface area contributed by atoms with E-state index in [2.05, 4.69) is 19.7 Å². The molecule has 0 aromatic heterocycles. The molecule has 1 aromatic carbocycles. The van der Waals surface area contributed by atoms with Gasteiger partial charge in [-0.15, -0.1) is 0 Å². The van der Waals surface area contributed by atoms with Crippen molar-refractivity contribution < 1.29 is 8.78 Å². The van der Waals surface area contributed by atoms with Crippen LogP contribution in [0.3, 0.4) is 0 Å².